The first-order valence-corrected chi connectivity index (χ1v) is 12.8. The number of hydrogen-bond acceptors (Lipinski definition) is 3. The number of carbonyl (C=O) groups excluding carboxylic acids is 1. The largest absolute Gasteiger partial charge is 0.461 e. The molecule has 0 spiro atoms. The fraction of sp³-hybridized carbons (Fsp3) is 0.409. The Bertz CT molecular complexity index is 719. The van der Waals surface area contributed by atoms with Gasteiger partial charge in [0.2, 0.25) is 0 Å². The van der Waals surface area contributed by atoms with Crippen molar-refractivity contribution in [2.75, 3.05) is 4.43 Å². The summed E-state index contributed by atoms with van der Waals surface area (Å²) in [7, 11) is -2.62. The molecule has 5 heteroatoms. The summed E-state index contributed by atoms with van der Waals surface area (Å²) in [6.07, 6.45) is 0.920. The van der Waals surface area contributed by atoms with Crippen LogP contribution in [0.5, 0.6) is 0 Å². The van der Waals surface area contributed by atoms with Crippen LogP contribution in [-0.4, -0.2) is 30.9 Å². The second kappa shape index (κ2) is 8.45. The van der Waals surface area contributed by atoms with E-state index in [0.29, 0.717) is 6.42 Å². The minimum absolute atomic E-state index is 0.0601. The second-order valence-corrected chi connectivity index (χ2v) is 13.2. The monoisotopic (exact) mass is 494 g/mol. The molecule has 0 amide bonds. The number of carbonyl (C=O) groups is 1. The quantitative estimate of drug-likeness (QED) is 0.272. The van der Waals surface area contributed by atoms with Crippen LogP contribution in [0.1, 0.15) is 33.6 Å². The molecule has 0 saturated carbocycles. The van der Waals surface area contributed by atoms with E-state index in [0.717, 1.165) is 10.8 Å². The third-order valence-electron chi connectivity index (χ3n) is 5.15. The summed E-state index contributed by atoms with van der Waals surface area (Å²) in [5, 5.41) is 2.40. The molecule has 0 aromatic heterocycles. The van der Waals surface area contributed by atoms with Crippen molar-refractivity contribution in [2.24, 2.45) is 0 Å². The molecule has 2 aromatic carbocycles. The van der Waals surface area contributed by atoms with Gasteiger partial charge in [0.1, 0.15) is 6.10 Å². The van der Waals surface area contributed by atoms with Gasteiger partial charge in [-0.25, -0.2) is 0 Å². The van der Waals surface area contributed by atoms with Crippen LogP contribution in [-0.2, 0) is 14.0 Å². The number of hydrogen-bond donors (Lipinski definition) is 0. The lowest BCUT2D eigenvalue weighted by molar-refractivity contribution is -0.157. The fourth-order valence-electron chi connectivity index (χ4n) is 3.97. The molecule has 144 valence electrons. The molecule has 1 saturated heterocycles. The van der Waals surface area contributed by atoms with Gasteiger partial charge < -0.3 is 9.16 Å². The van der Waals surface area contributed by atoms with Gasteiger partial charge in [-0.05, 0) is 15.4 Å². The maximum atomic E-state index is 12.2. The van der Waals surface area contributed by atoms with E-state index in [1.807, 2.05) is 12.1 Å². The molecular weight excluding hydrogens is 467 g/mol. The third-order valence-corrected chi connectivity index (χ3v) is 11.2. The lowest BCUT2D eigenvalue weighted by Gasteiger charge is -2.46. The van der Waals surface area contributed by atoms with E-state index in [-0.39, 0.29) is 23.2 Å². The normalized spacial score (nSPS) is 21.0. The molecule has 1 aliphatic rings. The van der Waals surface area contributed by atoms with Crippen LogP contribution < -0.4 is 10.4 Å². The number of rotatable bonds is 5. The van der Waals surface area contributed by atoms with Crippen LogP contribution in [0.15, 0.2) is 60.7 Å². The molecule has 0 aliphatic carbocycles. The molecular formula is C22H27IO3Si. The maximum Gasteiger partial charge on any atom is 0.308 e. The van der Waals surface area contributed by atoms with Gasteiger partial charge in [0, 0.05) is 10.8 Å². The van der Waals surface area contributed by atoms with Gasteiger partial charge in [0.15, 0.2) is 0 Å². The summed E-state index contributed by atoms with van der Waals surface area (Å²) in [4.78, 5) is 12.2. The number of esters is 1. The van der Waals surface area contributed by atoms with E-state index in [4.69, 9.17) is 9.16 Å². The predicted molar refractivity (Wildman–Crippen MR) is 120 cm³/mol. The summed E-state index contributed by atoms with van der Waals surface area (Å²) in [6, 6.07) is 21.1. The standard InChI is InChI=1S/C22H27IO3Si/c1-22(2,3)27(19-10-6-4-7-11-19,20-12-8-5-9-13-20)26-17-14-18(16-23)25-21(24)15-17/h4-13,17-18H,14-16H2,1-3H3/t17-,18-/m0/s1. The zero-order valence-electron chi connectivity index (χ0n) is 16.2. The van der Waals surface area contributed by atoms with Crippen molar-refractivity contribution in [3.05, 3.63) is 60.7 Å². The van der Waals surface area contributed by atoms with Gasteiger partial charge in [0.05, 0.1) is 12.5 Å². The van der Waals surface area contributed by atoms with Gasteiger partial charge >= 0.3 is 5.97 Å². The van der Waals surface area contributed by atoms with Crippen molar-refractivity contribution in [3.63, 3.8) is 0 Å². The van der Waals surface area contributed by atoms with E-state index in [9.17, 15) is 4.79 Å². The van der Waals surface area contributed by atoms with E-state index in [1.54, 1.807) is 0 Å². The van der Waals surface area contributed by atoms with E-state index >= 15 is 0 Å². The fourth-order valence-corrected chi connectivity index (χ4v) is 9.20. The van der Waals surface area contributed by atoms with Crippen LogP contribution >= 0.6 is 22.6 Å². The Morgan fingerprint density at radius 1 is 1.04 bits per heavy atom. The lowest BCUT2D eigenvalue weighted by atomic mass is 10.1. The molecule has 27 heavy (non-hydrogen) atoms. The van der Waals surface area contributed by atoms with Gasteiger partial charge in [-0.15, -0.1) is 0 Å². The van der Waals surface area contributed by atoms with Crippen LogP contribution in [0.3, 0.4) is 0 Å². The summed E-state index contributed by atoms with van der Waals surface area (Å²) in [5.74, 6) is -0.147. The van der Waals surface area contributed by atoms with Crippen LogP contribution in [0, 0.1) is 0 Å². The number of ether oxygens (including phenoxy) is 1. The van der Waals surface area contributed by atoms with Gasteiger partial charge in [-0.1, -0.05) is 104 Å². The highest BCUT2D eigenvalue weighted by molar-refractivity contribution is 14.1. The number of cyclic esters (lactones) is 1. The van der Waals surface area contributed by atoms with Crippen LogP contribution in [0.25, 0.3) is 0 Å². The average Bonchev–Trinajstić information content (AvgIpc) is 2.66. The maximum absolute atomic E-state index is 12.2. The zero-order valence-corrected chi connectivity index (χ0v) is 19.3. The molecule has 1 aliphatic heterocycles. The average molecular weight is 494 g/mol. The Kier molecular flexibility index (Phi) is 6.43. The molecule has 3 nitrogen and oxygen atoms in total. The smallest absolute Gasteiger partial charge is 0.308 e. The Hall–Kier alpha value is -1.18. The minimum atomic E-state index is -2.62. The molecule has 0 bridgehead atoms. The highest BCUT2D eigenvalue weighted by Gasteiger charge is 2.52. The Morgan fingerprint density at radius 2 is 1.56 bits per heavy atom. The molecule has 3 rings (SSSR count). The summed E-state index contributed by atoms with van der Waals surface area (Å²) in [6.45, 7) is 6.78. The first-order chi connectivity index (χ1) is 12.9. The highest BCUT2D eigenvalue weighted by atomic mass is 127. The van der Waals surface area contributed by atoms with Crippen molar-refractivity contribution < 1.29 is 14.0 Å². The Labute approximate surface area is 176 Å². The summed E-state index contributed by atoms with van der Waals surface area (Å²) >= 11 is 2.28. The predicted octanol–water partition coefficient (Wildman–Crippen LogP) is 4.07. The summed E-state index contributed by atoms with van der Waals surface area (Å²) < 4.78 is 13.3. The van der Waals surface area contributed by atoms with Crippen molar-refractivity contribution in [1.82, 2.24) is 0 Å². The molecule has 2 atom stereocenters. The topological polar surface area (TPSA) is 35.5 Å². The van der Waals surface area contributed by atoms with Crippen molar-refractivity contribution in [3.8, 4) is 0 Å². The SMILES string of the molecule is CC(C)(C)[Si](O[C@@H]1CC(=O)O[C@H](CI)C1)(c1ccccc1)c1ccccc1. The van der Waals surface area contributed by atoms with Crippen LogP contribution in [0.4, 0.5) is 0 Å². The Balaban J connectivity index is 2.11. The highest BCUT2D eigenvalue weighted by Crippen LogP contribution is 2.39. The van der Waals surface area contributed by atoms with Crippen molar-refractivity contribution in [2.45, 2.75) is 50.9 Å². The number of benzene rings is 2. The van der Waals surface area contributed by atoms with E-state index in [1.165, 1.54) is 10.4 Å². The van der Waals surface area contributed by atoms with Gasteiger partial charge in [-0.3, -0.25) is 4.79 Å². The van der Waals surface area contributed by atoms with Gasteiger partial charge in [-0.2, -0.15) is 0 Å². The summed E-state index contributed by atoms with van der Waals surface area (Å²) in [5.41, 5.74) is 0. The Morgan fingerprint density at radius 3 is 2.00 bits per heavy atom. The molecule has 0 radical (unpaired) electrons. The molecule has 0 N–H and O–H groups in total. The van der Waals surface area contributed by atoms with Crippen LogP contribution in [0.2, 0.25) is 5.04 Å². The zero-order chi connectivity index (χ0) is 19.5. The molecule has 2 aromatic rings. The third kappa shape index (κ3) is 4.30. The van der Waals surface area contributed by atoms with Crippen molar-refractivity contribution >= 4 is 47.3 Å². The molecule has 1 fully saturated rings. The molecule has 1 heterocycles. The van der Waals surface area contributed by atoms with Gasteiger partial charge in [0.25, 0.3) is 8.32 Å². The first-order valence-electron chi connectivity index (χ1n) is 9.41. The number of alkyl halides is 1. The number of halogens is 1. The van der Waals surface area contributed by atoms with Crippen molar-refractivity contribution in [1.29, 1.82) is 0 Å². The second-order valence-electron chi connectivity index (χ2n) is 8.11. The van der Waals surface area contributed by atoms with E-state index < -0.39 is 8.32 Å². The minimum Gasteiger partial charge on any atom is -0.461 e. The lowest BCUT2D eigenvalue weighted by Crippen LogP contribution is -2.68. The molecule has 0 unspecified atom stereocenters. The first kappa shape index (κ1) is 20.5. The van der Waals surface area contributed by atoms with E-state index in [2.05, 4.69) is 91.9 Å².